The van der Waals surface area contributed by atoms with E-state index >= 15 is 0 Å². The molecule has 0 nitrogen and oxygen atoms in total. The van der Waals surface area contributed by atoms with Gasteiger partial charge in [0, 0.05) is 5.03 Å². The smallest absolute Gasteiger partial charge is 0.0369 e. The van der Waals surface area contributed by atoms with Crippen LogP contribution in [0.1, 0.15) is 13.3 Å². The minimum Gasteiger partial charge on any atom is -0.0847 e. The maximum absolute atomic E-state index is 5.84. The summed E-state index contributed by atoms with van der Waals surface area (Å²) in [6.07, 6.45) is 13.5. The van der Waals surface area contributed by atoms with Gasteiger partial charge in [-0.1, -0.05) is 47.6 Å². The molecule has 0 aromatic carbocycles. The van der Waals surface area contributed by atoms with Crippen molar-refractivity contribution >= 4 is 11.6 Å². The van der Waals surface area contributed by atoms with E-state index in [1.165, 1.54) is 16.7 Å². The molecule has 0 bridgehead atoms. The minimum absolute atomic E-state index is 0.840. The number of rotatable bonds is 0. The molecule has 0 unspecified atom stereocenters. The van der Waals surface area contributed by atoms with Crippen LogP contribution in [0.3, 0.4) is 0 Å². The second-order valence-electron chi connectivity index (χ2n) is 3.33. The molecule has 0 radical (unpaired) electrons. The highest BCUT2D eigenvalue weighted by Crippen LogP contribution is 2.25. The Hall–Kier alpha value is -1.01. The van der Waals surface area contributed by atoms with Gasteiger partial charge in [0.05, 0.1) is 0 Å². The quantitative estimate of drug-likeness (QED) is 0.544. The minimum atomic E-state index is 0.840. The zero-order valence-corrected chi connectivity index (χ0v) is 8.31. The van der Waals surface area contributed by atoms with Gasteiger partial charge in [-0.05, 0) is 30.6 Å². The molecule has 66 valence electrons. The van der Waals surface area contributed by atoms with Crippen LogP contribution in [0.2, 0.25) is 0 Å². The molecule has 0 N–H and O–H groups in total. The topological polar surface area (TPSA) is 0 Å². The lowest BCUT2D eigenvalue weighted by Crippen LogP contribution is -1.86. The van der Waals surface area contributed by atoms with Crippen LogP contribution in [0.25, 0.3) is 0 Å². The second-order valence-corrected chi connectivity index (χ2v) is 3.77. The molecule has 0 aromatic rings. The summed E-state index contributed by atoms with van der Waals surface area (Å²) < 4.78 is 0. The third-order valence-electron chi connectivity index (χ3n) is 2.24. The highest BCUT2D eigenvalue weighted by atomic mass is 35.5. The number of allylic oxidation sites excluding steroid dienone is 10. The van der Waals surface area contributed by atoms with E-state index in [1.54, 1.807) is 0 Å². The molecule has 2 aliphatic rings. The van der Waals surface area contributed by atoms with Gasteiger partial charge >= 0.3 is 0 Å². The first-order chi connectivity index (χ1) is 6.25. The molecule has 0 spiro atoms. The normalized spacial score (nSPS) is 26.3. The van der Waals surface area contributed by atoms with E-state index in [0.29, 0.717) is 0 Å². The van der Waals surface area contributed by atoms with Crippen LogP contribution in [0.15, 0.2) is 58.2 Å². The Bertz CT molecular complexity index is 376. The summed E-state index contributed by atoms with van der Waals surface area (Å²) in [6.45, 7) is 2.11. The fourth-order valence-electron chi connectivity index (χ4n) is 1.50. The van der Waals surface area contributed by atoms with Crippen LogP contribution < -0.4 is 0 Å². The molecule has 0 fully saturated rings. The molecule has 0 saturated heterocycles. The molecular weight excluding hydrogens is 180 g/mol. The third kappa shape index (κ3) is 1.84. The highest BCUT2D eigenvalue weighted by molar-refractivity contribution is 6.31. The Morgan fingerprint density at radius 2 is 2.00 bits per heavy atom. The summed E-state index contributed by atoms with van der Waals surface area (Å²) in [7, 11) is 0. The third-order valence-corrected chi connectivity index (χ3v) is 2.52. The summed E-state index contributed by atoms with van der Waals surface area (Å²) in [4.78, 5) is 0. The van der Waals surface area contributed by atoms with Crippen molar-refractivity contribution < 1.29 is 0 Å². The van der Waals surface area contributed by atoms with E-state index in [9.17, 15) is 0 Å². The van der Waals surface area contributed by atoms with Crippen LogP contribution in [0, 0.1) is 0 Å². The van der Waals surface area contributed by atoms with Crippen molar-refractivity contribution in [3.05, 3.63) is 58.2 Å². The fourth-order valence-corrected chi connectivity index (χ4v) is 1.64. The van der Waals surface area contributed by atoms with Gasteiger partial charge in [0.2, 0.25) is 0 Å². The summed E-state index contributed by atoms with van der Waals surface area (Å²) in [5.74, 6) is 0. The van der Waals surface area contributed by atoms with E-state index in [-0.39, 0.29) is 0 Å². The first-order valence-electron chi connectivity index (χ1n) is 4.39. The maximum Gasteiger partial charge on any atom is 0.0369 e. The van der Waals surface area contributed by atoms with Gasteiger partial charge in [-0.15, -0.1) is 0 Å². The second kappa shape index (κ2) is 3.39. The van der Waals surface area contributed by atoms with Crippen molar-refractivity contribution in [3.63, 3.8) is 0 Å². The Labute approximate surface area is 83.6 Å². The van der Waals surface area contributed by atoms with E-state index < -0.39 is 0 Å². The van der Waals surface area contributed by atoms with Crippen LogP contribution in [-0.2, 0) is 0 Å². The summed E-state index contributed by atoms with van der Waals surface area (Å²) in [5.41, 5.74) is 3.98. The van der Waals surface area contributed by atoms with Crippen molar-refractivity contribution in [2.24, 2.45) is 0 Å². The van der Waals surface area contributed by atoms with Crippen molar-refractivity contribution in [3.8, 4) is 0 Å². The highest BCUT2D eigenvalue weighted by Gasteiger charge is 2.05. The molecule has 13 heavy (non-hydrogen) atoms. The predicted molar refractivity (Wildman–Crippen MR) is 57.6 cm³/mol. The van der Waals surface area contributed by atoms with Crippen molar-refractivity contribution in [1.82, 2.24) is 0 Å². The van der Waals surface area contributed by atoms with Gasteiger partial charge in [-0.2, -0.15) is 0 Å². The molecule has 0 amide bonds. The average Bonchev–Trinajstić information content (AvgIpc) is 2.53. The van der Waals surface area contributed by atoms with Crippen LogP contribution in [0.4, 0.5) is 0 Å². The fraction of sp³-hybridized carbons (Fsp3) is 0.167. The summed E-state index contributed by atoms with van der Waals surface area (Å²) in [5, 5.41) is 0.840. The van der Waals surface area contributed by atoms with Gasteiger partial charge < -0.3 is 0 Å². The van der Waals surface area contributed by atoms with E-state index in [4.69, 9.17) is 11.6 Å². The molecular formula is C12H11Cl. The molecule has 0 heterocycles. The molecule has 0 aromatic heterocycles. The van der Waals surface area contributed by atoms with Crippen molar-refractivity contribution in [2.75, 3.05) is 0 Å². The predicted octanol–water partition coefficient (Wildman–Crippen LogP) is 3.88. The number of hydrogen-bond acceptors (Lipinski definition) is 0. The molecule has 2 aliphatic carbocycles. The van der Waals surface area contributed by atoms with Gasteiger partial charge in [0.15, 0.2) is 0 Å². The molecule has 0 saturated carbocycles. The zero-order valence-electron chi connectivity index (χ0n) is 7.55. The lowest BCUT2D eigenvalue weighted by molar-refractivity contribution is 1.23. The zero-order chi connectivity index (χ0) is 9.26. The summed E-state index contributed by atoms with van der Waals surface area (Å²) >= 11 is 5.84. The largest absolute Gasteiger partial charge is 0.0847 e. The van der Waals surface area contributed by atoms with Crippen LogP contribution >= 0.6 is 11.6 Å². The molecule has 1 heteroatoms. The Morgan fingerprint density at radius 1 is 1.15 bits per heavy atom. The monoisotopic (exact) mass is 190 g/mol. The molecule has 2 rings (SSSR count). The Balaban J connectivity index is 2.30. The molecule has 0 aliphatic heterocycles. The SMILES string of the molecule is CC1=CC(=C2C=CC(Cl)=CC2)C=C1. The van der Waals surface area contributed by atoms with Crippen molar-refractivity contribution in [2.45, 2.75) is 13.3 Å². The van der Waals surface area contributed by atoms with Crippen LogP contribution in [0.5, 0.6) is 0 Å². The van der Waals surface area contributed by atoms with E-state index in [1.807, 2.05) is 12.2 Å². The van der Waals surface area contributed by atoms with Gasteiger partial charge in [-0.25, -0.2) is 0 Å². The lowest BCUT2D eigenvalue weighted by atomic mass is 10.0. The standard InChI is InChI=1S/C12H11Cl/c1-9-2-3-11(8-9)10-4-6-12(13)7-5-10/h2-4,6-8H,5H2,1H3. The maximum atomic E-state index is 5.84. The first kappa shape index (κ1) is 8.58. The van der Waals surface area contributed by atoms with Gasteiger partial charge in [0.25, 0.3) is 0 Å². The van der Waals surface area contributed by atoms with Crippen LogP contribution in [-0.4, -0.2) is 0 Å². The van der Waals surface area contributed by atoms with E-state index in [0.717, 1.165) is 11.5 Å². The van der Waals surface area contributed by atoms with Crippen molar-refractivity contribution in [1.29, 1.82) is 0 Å². The van der Waals surface area contributed by atoms with Gasteiger partial charge in [-0.3, -0.25) is 0 Å². The number of hydrogen-bond donors (Lipinski definition) is 0. The number of halogens is 1. The van der Waals surface area contributed by atoms with Gasteiger partial charge in [0.1, 0.15) is 0 Å². The van der Waals surface area contributed by atoms with E-state index in [2.05, 4.69) is 31.2 Å². The lowest BCUT2D eigenvalue weighted by Gasteiger charge is -2.06. The Morgan fingerprint density at radius 3 is 2.54 bits per heavy atom. The Kier molecular flexibility index (Phi) is 2.24. The first-order valence-corrected chi connectivity index (χ1v) is 4.77. The average molecular weight is 191 g/mol. The summed E-state index contributed by atoms with van der Waals surface area (Å²) in [6, 6.07) is 0. The molecule has 0 atom stereocenters.